The molecule has 0 atom stereocenters. The van der Waals surface area contributed by atoms with Gasteiger partial charge < -0.3 is 5.11 Å². The third kappa shape index (κ3) is 3.00. The third-order valence-corrected chi connectivity index (χ3v) is 4.65. The molecule has 2 rings (SSSR count). The molecule has 0 aromatic heterocycles. The number of hydrogen-bond donors (Lipinski definition) is 2. The van der Waals surface area contributed by atoms with Crippen LogP contribution in [-0.4, -0.2) is 26.2 Å². The minimum atomic E-state index is -3.86. The molecule has 0 unspecified atom stereocenters. The molecule has 0 amide bonds. The van der Waals surface area contributed by atoms with Crippen molar-refractivity contribution in [3.8, 4) is 0 Å². The molecule has 7 heteroatoms. The van der Waals surface area contributed by atoms with E-state index >= 15 is 0 Å². The van der Waals surface area contributed by atoms with Crippen LogP contribution in [0.1, 0.15) is 12.8 Å². The molecule has 100 valence electrons. The van der Waals surface area contributed by atoms with Crippen molar-refractivity contribution in [2.45, 2.75) is 23.8 Å². The number of benzene rings is 1. The zero-order chi connectivity index (χ0) is 13.3. The number of sulfonamides is 1. The van der Waals surface area contributed by atoms with E-state index in [1.807, 2.05) is 0 Å². The molecule has 0 bridgehead atoms. The Kier molecular flexibility index (Phi) is 3.91. The summed E-state index contributed by atoms with van der Waals surface area (Å²) in [5, 5.41) is 9.23. The molecule has 4 nitrogen and oxygen atoms in total. The first-order valence-electron chi connectivity index (χ1n) is 5.51. The zero-order valence-electron chi connectivity index (χ0n) is 9.44. The molecule has 2 N–H and O–H groups in total. The highest BCUT2D eigenvalue weighted by Gasteiger charge is 2.29. The van der Waals surface area contributed by atoms with Crippen molar-refractivity contribution >= 4 is 21.6 Å². The van der Waals surface area contributed by atoms with E-state index in [0.717, 1.165) is 12.1 Å². The summed E-state index contributed by atoms with van der Waals surface area (Å²) in [4.78, 5) is -0.410. The molecule has 0 heterocycles. The normalized spacial score (nSPS) is 23.7. The molecule has 1 aliphatic carbocycles. The maximum Gasteiger partial charge on any atom is 0.243 e. The van der Waals surface area contributed by atoms with Gasteiger partial charge in [-0.2, -0.15) is 0 Å². The topological polar surface area (TPSA) is 66.4 Å². The first kappa shape index (κ1) is 13.7. The van der Waals surface area contributed by atoms with Crippen LogP contribution in [-0.2, 0) is 10.0 Å². The van der Waals surface area contributed by atoms with Gasteiger partial charge in [-0.3, -0.25) is 0 Å². The van der Waals surface area contributed by atoms with Crippen LogP contribution in [0, 0.1) is 11.7 Å². The van der Waals surface area contributed by atoms with Crippen molar-refractivity contribution in [2.75, 3.05) is 6.54 Å². The van der Waals surface area contributed by atoms with E-state index in [4.69, 9.17) is 16.7 Å². The van der Waals surface area contributed by atoms with Crippen LogP contribution in [0.5, 0.6) is 0 Å². The van der Waals surface area contributed by atoms with E-state index in [-0.39, 0.29) is 23.6 Å². The summed E-state index contributed by atoms with van der Waals surface area (Å²) < 4.78 is 39.5. The molecule has 1 aromatic rings. The highest BCUT2D eigenvalue weighted by atomic mass is 35.5. The number of aliphatic hydroxyl groups excluding tert-OH is 1. The Bertz CT molecular complexity index is 543. The molecule has 0 aliphatic heterocycles. The Morgan fingerprint density at radius 3 is 2.67 bits per heavy atom. The van der Waals surface area contributed by atoms with E-state index in [1.165, 1.54) is 6.07 Å². The quantitative estimate of drug-likeness (QED) is 0.885. The van der Waals surface area contributed by atoms with Crippen LogP contribution >= 0.6 is 11.6 Å². The number of hydrogen-bond acceptors (Lipinski definition) is 3. The lowest BCUT2D eigenvalue weighted by Crippen LogP contribution is -2.38. The average molecular weight is 294 g/mol. The summed E-state index contributed by atoms with van der Waals surface area (Å²) in [5.41, 5.74) is 0. The van der Waals surface area contributed by atoms with E-state index in [2.05, 4.69) is 4.72 Å². The van der Waals surface area contributed by atoms with Crippen molar-refractivity contribution < 1.29 is 17.9 Å². The molecule has 18 heavy (non-hydrogen) atoms. The average Bonchev–Trinajstić information content (AvgIpc) is 2.22. The number of halogens is 2. The molecule has 1 aromatic carbocycles. The standard InChI is InChI=1S/C11H13ClFNO3S/c12-8-1-2-11(10(13)5-8)18(16,17)14-6-7-3-9(15)4-7/h1-2,5,7,9,14-15H,3-4,6H2. The second kappa shape index (κ2) is 5.13. The molecule has 0 radical (unpaired) electrons. The van der Waals surface area contributed by atoms with Crippen molar-refractivity contribution in [1.82, 2.24) is 4.72 Å². The Morgan fingerprint density at radius 1 is 1.44 bits per heavy atom. The smallest absolute Gasteiger partial charge is 0.243 e. The Hall–Kier alpha value is -0.690. The minimum Gasteiger partial charge on any atom is -0.393 e. The second-order valence-electron chi connectivity index (χ2n) is 4.42. The van der Waals surface area contributed by atoms with Gasteiger partial charge in [-0.05, 0) is 37.0 Å². The van der Waals surface area contributed by atoms with Gasteiger partial charge >= 0.3 is 0 Å². The minimum absolute atomic E-state index is 0.116. The summed E-state index contributed by atoms with van der Waals surface area (Å²) >= 11 is 5.56. The largest absolute Gasteiger partial charge is 0.393 e. The van der Waals surface area contributed by atoms with Gasteiger partial charge in [0.2, 0.25) is 10.0 Å². The maximum absolute atomic E-state index is 13.5. The molecular weight excluding hydrogens is 281 g/mol. The molecular formula is C11H13ClFNO3S. The summed E-state index contributed by atoms with van der Waals surface area (Å²) in [5.74, 6) is -0.756. The van der Waals surface area contributed by atoms with Gasteiger partial charge in [0.05, 0.1) is 6.10 Å². The second-order valence-corrected chi connectivity index (χ2v) is 6.59. The highest BCUT2D eigenvalue weighted by Crippen LogP contribution is 2.27. The summed E-state index contributed by atoms with van der Waals surface area (Å²) in [6.45, 7) is 0.210. The van der Waals surface area contributed by atoms with Crippen LogP contribution < -0.4 is 4.72 Å². The lowest BCUT2D eigenvalue weighted by atomic mass is 9.83. The van der Waals surface area contributed by atoms with Gasteiger partial charge in [-0.25, -0.2) is 17.5 Å². The van der Waals surface area contributed by atoms with E-state index < -0.39 is 20.7 Å². The number of rotatable bonds is 4. The van der Waals surface area contributed by atoms with Crippen LogP contribution in [0.25, 0.3) is 0 Å². The van der Waals surface area contributed by atoms with Crippen LogP contribution in [0.2, 0.25) is 5.02 Å². The molecule has 1 fully saturated rings. The lowest BCUT2D eigenvalue weighted by molar-refractivity contribution is 0.0453. The van der Waals surface area contributed by atoms with Gasteiger partial charge in [0.1, 0.15) is 10.7 Å². The van der Waals surface area contributed by atoms with Gasteiger partial charge in [0.15, 0.2) is 0 Å². The third-order valence-electron chi connectivity index (χ3n) is 2.96. The number of nitrogens with one attached hydrogen (secondary N) is 1. The fourth-order valence-electron chi connectivity index (χ4n) is 1.87. The lowest BCUT2D eigenvalue weighted by Gasteiger charge is -2.31. The zero-order valence-corrected chi connectivity index (χ0v) is 11.0. The van der Waals surface area contributed by atoms with E-state index in [1.54, 1.807) is 0 Å². The molecule has 1 saturated carbocycles. The maximum atomic E-state index is 13.5. The van der Waals surface area contributed by atoms with Gasteiger partial charge in [0.25, 0.3) is 0 Å². The van der Waals surface area contributed by atoms with E-state index in [0.29, 0.717) is 12.8 Å². The monoisotopic (exact) mass is 293 g/mol. The van der Waals surface area contributed by atoms with Crippen molar-refractivity contribution in [3.05, 3.63) is 29.0 Å². The fraction of sp³-hybridized carbons (Fsp3) is 0.455. The van der Waals surface area contributed by atoms with Crippen molar-refractivity contribution in [3.63, 3.8) is 0 Å². The van der Waals surface area contributed by atoms with Gasteiger partial charge in [0, 0.05) is 11.6 Å². The first-order valence-corrected chi connectivity index (χ1v) is 7.37. The predicted molar refractivity (Wildman–Crippen MR) is 65.3 cm³/mol. The fourth-order valence-corrected chi connectivity index (χ4v) is 3.20. The SMILES string of the molecule is O=S(=O)(NCC1CC(O)C1)c1ccc(Cl)cc1F. The summed E-state index contributed by atoms with van der Waals surface area (Å²) in [6, 6.07) is 3.42. The van der Waals surface area contributed by atoms with Crippen LogP contribution in [0.3, 0.4) is 0 Å². The van der Waals surface area contributed by atoms with Crippen molar-refractivity contribution in [2.24, 2.45) is 5.92 Å². The van der Waals surface area contributed by atoms with Crippen LogP contribution in [0.15, 0.2) is 23.1 Å². The highest BCUT2D eigenvalue weighted by molar-refractivity contribution is 7.89. The van der Waals surface area contributed by atoms with Crippen molar-refractivity contribution in [1.29, 1.82) is 0 Å². The van der Waals surface area contributed by atoms with Gasteiger partial charge in [-0.15, -0.1) is 0 Å². The Balaban J connectivity index is 2.06. The Labute approximate surface area is 110 Å². The summed E-state index contributed by atoms with van der Waals surface area (Å²) in [6.07, 6.45) is 0.809. The Morgan fingerprint density at radius 2 is 2.11 bits per heavy atom. The van der Waals surface area contributed by atoms with Gasteiger partial charge in [-0.1, -0.05) is 11.6 Å². The molecule has 0 saturated heterocycles. The number of aliphatic hydroxyl groups is 1. The molecule has 0 spiro atoms. The molecule has 1 aliphatic rings. The summed E-state index contributed by atoms with van der Waals surface area (Å²) in [7, 11) is -3.86. The van der Waals surface area contributed by atoms with E-state index in [9.17, 15) is 12.8 Å². The predicted octanol–water partition coefficient (Wildman–Crippen LogP) is 1.53. The first-order chi connectivity index (χ1) is 8.38. The van der Waals surface area contributed by atoms with Crippen LogP contribution in [0.4, 0.5) is 4.39 Å².